The molecule has 3 rings (SSSR count). The molecule has 0 amide bonds. The lowest BCUT2D eigenvalue weighted by Gasteiger charge is -2.19. The molecule has 0 saturated heterocycles. The maximum absolute atomic E-state index is 14.8. The van der Waals surface area contributed by atoms with Gasteiger partial charge >= 0.3 is 0 Å². The maximum Gasteiger partial charge on any atom is 0.249 e. The van der Waals surface area contributed by atoms with E-state index in [1.807, 2.05) is 6.21 Å². The molecule has 3 atom stereocenters. The van der Waals surface area contributed by atoms with Gasteiger partial charge in [-0.25, -0.2) is 9.38 Å². The summed E-state index contributed by atoms with van der Waals surface area (Å²) in [6.07, 6.45) is 9.62. The van der Waals surface area contributed by atoms with Gasteiger partial charge in [-0.3, -0.25) is 10.3 Å². The summed E-state index contributed by atoms with van der Waals surface area (Å²) in [4.78, 5) is 11.4. The van der Waals surface area contributed by atoms with Gasteiger partial charge in [0.15, 0.2) is 5.82 Å². The number of aliphatic imine (C=N–C) groups is 2. The molecule has 1 aromatic rings. The summed E-state index contributed by atoms with van der Waals surface area (Å²) in [7, 11) is 0. The lowest BCUT2D eigenvalue weighted by atomic mass is 9.88. The summed E-state index contributed by atoms with van der Waals surface area (Å²) in [5, 5.41) is 11.1. The van der Waals surface area contributed by atoms with Crippen LogP contribution in [0.5, 0.6) is 0 Å². The number of nitrogens with zero attached hydrogens (tertiary/aromatic N) is 4. The zero-order valence-electron chi connectivity index (χ0n) is 15.3. The zero-order valence-corrected chi connectivity index (χ0v) is 15.3. The number of hydrogen-bond acceptors (Lipinski definition) is 7. The van der Waals surface area contributed by atoms with Crippen molar-refractivity contribution in [3.8, 4) is 0 Å². The number of nitrogens with two attached hydrogens (primary N) is 2. The molecule has 0 radical (unpaired) electrons. The Labute approximate surface area is 158 Å². The van der Waals surface area contributed by atoms with E-state index in [9.17, 15) is 4.39 Å². The Morgan fingerprint density at radius 3 is 2.89 bits per heavy atom. The fourth-order valence-electron chi connectivity index (χ4n) is 3.22. The van der Waals surface area contributed by atoms with Gasteiger partial charge in [0.05, 0.1) is 5.71 Å². The van der Waals surface area contributed by atoms with Gasteiger partial charge in [0.2, 0.25) is 6.30 Å². The van der Waals surface area contributed by atoms with Gasteiger partial charge in [-0.15, -0.1) is 10.2 Å². The second-order valence-electron chi connectivity index (χ2n) is 6.73. The SMILES string of the molecule is NCNC/C(=N\C(F)c1nnc(C2C=CC(CN)CC2)[nH]1)C1=CN=CCC1. The minimum absolute atomic E-state index is 0.110. The molecule has 0 spiro atoms. The molecule has 3 unspecified atom stereocenters. The molecule has 0 bridgehead atoms. The summed E-state index contributed by atoms with van der Waals surface area (Å²) >= 11 is 0. The summed E-state index contributed by atoms with van der Waals surface area (Å²) in [5.74, 6) is 1.30. The molecule has 2 aliphatic rings. The van der Waals surface area contributed by atoms with Gasteiger partial charge in [0, 0.05) is 31.5 Å². The van der Waals surface area contributed by atoms with Crippen LogP contribution in [-0.2, 0) is 0 Å². The van der Waals surface area contributed by atoms with Crippen molar-refractivity contribution in [3.05, 3.63) is 35.6 Å². The molecule has 1 aromatic heterocycles. The number of halogens is 1. The van der Waals surface area contributed by atoms with Crippen molar-refractivity contribution in [2.75, 3.05) is 19.8 Å². The maximum atomic E-state index is 14.8. The number of alkyl halides is 1. The highest BCUT2D eigenvalue weighted by atomic mass is 19.1. The molecule has 9 heteroatoms. The Hall–Kier alpha value is -2.23. The number of rotatable bonds is 8. The van der Waals surface area contributed by atoms with Crippen LogP contribution in [0.2, 0.25) is 0 Å². The third-order valence-corrected chi connectivity index (χ3v) is 4.82. The Morgan fingerprint density at radius 1 is 1.33 bits per heavy atom. The largest absolute Gasteiger partial charge is 0.330 e. The van der Waals surface area contributed by atoms with Gasteiger partial charge in [-0.05, 0) is 43.7 Å². The predicted molar refractivity (Wildman–Crippen MR) is 104 cm³/mol. The first-order valence-electron chi connectivity index (χ1n) is 9.34. The Balaban J connectivity index is 1.73. The Morgan fingerprint density at radius 2 is 2.22 bits per heavy atom. The number of aromatic amines is 1. The monoisotopic (exact) mass is 374 g/mol. The Bertz CT molecular complexity index is 735. The van der Waals surface area contributed by atoms with Crippen molar-refractivity contribution in [2.24, 2.45) is 27.4 Å². The molecule has 0 fully saturated rings. The van der Waals surface area contributed by atoms with Crippen LogP contribution in [0, 0.1) is 5.92 Å². The van der Waals surface area contributed by atoms with Gasteiger partial charge in [0.1, 0.15) is 5.82 Å². The summed E-state index contributed by atoms with van der Waals surface area (Å²) in [5.41, 5.74) is 12.7. The Kier molecular flexibility index (Phi) is 6.97. The number of hydrogen-bond donors (Lipinski definition) is 4. The van der Waals surface area contributed by atoms with Gasteiger partial charge in [-0.1, -0.05) is 12.2 Å². The molecule has 146 valence electrons. The smallest absolute Gasteiger partial charge is 0.249 e. The van der Waals surface area contributed by atoms with E-state index in [0.29, 0.717) is 30.5 Å². The zero-order chi connectivity index (χ0) is 19.1. The molecule has 27 heavy (non-hydrogen) atoms. The van der Waals surface area contributed by atoms with Gasteiger partial charge in [-0.2, -0.15) is 0 Å². The van der Waals surface area contributed by atoms with Gasteiger partial charge < -0.3 is 16.5 Å². The standard InChI is InChI=1S/C18H27FN8/c19-16(24-15(10-23-11-21)14-2-1-7-22-9-14)18-25-17(26-27-18)13-5-3-12(8-20)4-6-13/h3,5,7,9,12-13,16,23H,1-2,4,6,8,10-11,20-21H2,(H,25,26,27)/b24-15+. The van der Waals surface area contributed by atoms with E-state index in [2.05, 4.69) is 42.6 Å². The van der Waals surface area contributed by atoms with Crippen LogP contribution in [0.3, 0.4) is 0 Å². The van der Waals surface area contributed by atoms with Crippen molar-refractivity contribution in [1.29, 1.82) is 0 Å². The predicted octanol–water partition coefficient (Wildman–Crippen LogP) is 1.48. The van der Waals surface area contributed by atoms with E-state index < -0.39 is 6.30 Å². The van der Waals surface area contributed by atoms with Crippen LogP contribution in [0.1, 0.15) is 49.5 Å². The summed E-state index contributed by atoms with van der Waals surface area (Å²) in [6, 6.07) is 0. The summed E-state index contributed by atoms with van der Waals surface area (Å²) < 4.78 is 14.8. The summed E-state index contributed by atoms with van der Waals surface area (Å²) in [6.45, 7) is 1.31. The molecule has 1 aliphatic carbocycles. The van der Waals surface area contributed by atoms with Crippen molar-refractivity contribution in [3.63, 3.8) is 0 Å². The van der Waals surface area contributed by atoms with Crippen LogP contribution >= 0.6 is 0 Å². The van der Waals surface area contributed by atoms with Crippen LogP contribution in [0.25, 0.3) is 0 Å². The molecule has 8 nitrogen and oxygen atoms in total. The van der Waals surface area contributed by atoms with Crippen molar-refractivity contribution >= 4 is 11.9 Å². The lowest BCUT2D eigenvalue weighted by Crippen LogP contribution is -2.30. The molecule has 2 heterocycles. The third kappa shape index (κ3) is 5.15. The lowest BCUT2D eigenvalue weighted by molar-refractivity contribution is 0.341. The number of aromatic nitrogens is 3. The van der Waals surface area contributed by atoms with E-state index in [1.165, 1.54) is 0 Å². The molecular formula is C18H27FN8. The quantitative estimate of drug-likeness (QED) is 0.237. The van der Waals surface area contributed by atoms with Gasteiger partial charge in [0.25, 0.3) is 0 Å². The molecule has 1 aliphatic heterocycles. The number of allylic oxidation sites excluding steroid dienone is 1. The van der Waals surface area contributed by atoms with E-state index in [0.717, 1.165) is 31.3 Å². The fourth-order valence-corrected chi connectivity index (χ4v) is 3.22. The molecule has 0 saturated carbocycles. The first-order chi connectivity index (χ1) is 13.2. The van der Waals surface area contributed by atoms with E-state index in [1.54, 1.807) is 6.20 Å². The highest BCUT2D eigenvalue weighted by Crippen LogP contribution is 2.29. The van der Waals surface area contributed by atoms with Crippen LogP contribution < -0.4 is 16.8 Å². The first kappa shape index (κ1) is 19.5. The molecular weight excluding hydrogens is 347 g/mol. The highest BCUT2D eigenvalue weighted by molar-refractivity contribution is 6.02. The molecule has 6 N–H and O–H groups in total. The second-order valence-corrected chi connectivity index (χ2v) is 6.73. The van der Waals surface area contributed by atoms with E-state index in [-0.39, 0.29) is 18.4 Å². The average Bonchev–Trinajstić information content (AvgIpc) is 3.22. The van der Waals surface area contributed by atoms with E-state index in [4.69, 9.17) is 11.5 Å². The topological polar surface area (TPSA) is 130 Å². The minimum Gasteiger partial charge on any atom is -0.330 e. The van der Waals surface area contributed by atoms with Crippen molar-refractivity contribution in [1.82, 2.24) is 20.5 Å². The normalized spacial score (nSPS) is 24.1. The minimum atomic E-state index is -1.61. The van der Waals surface area contributed by atoms with Crippen LogP contribution in [0.15, 0.2) is 33.9 Å². The highest BCUT2D eigenvalue weighted by Gasteiger charge is 2.22. The fraction of sp³-hybridized carbons (Fsp3) is 0.556. The second kappa shape index (κ2) is 9.63. The van der Waals surface area contributed by atoms with E-state index >= 15 is 0 Å². The third-order valence-electron chi connectivity index (χ3n) is 4.82. The number of nitrogens with one attached hydrogen (secondary N) is 2. The number of H-pyrrole nitrogens is 1. The first-order valence-corrected chi connectivity index (χ1v) is 9.34. The average molecular weight is 374 g/mol. The van der Waals surface area contributed by atoms with Crippen LogP contribution in [0.4, 0.5) is 4.39 Å². The van der Waals surface area contributed by atoms with Crippen LogP contribution in [-0.4, -0.2) is 46.9 Å². The van der Waals surface area contributed by atoms with Crippen molar-refractivity contribution in [2.45, 2.75) is 37.9 Å². The molecule has 0 aromatic carbocycles. The van der Waals surface area contributed by atoms with Crippen molar-refractivity contribution < 1.29 is 4.39 Å².